The lowest BCUT2D eigenvalue weighted by atomic mass is 9.84. The van der Waals surface area contributed by atoms with Gasteiger partial charge in [0.15, 0.2) is 0 Å². The smallest absolute Gasteiger partial charge is 0.224 e. The first-order valence-electron chi connectivity index (χ1n) is 16.5. The summed E-state index contributed by atoms with van der Waals surface area (Å²) < 4.78 is 0. The van der Waals surface area contributed by atoms with Crippen LogP contribution in [0.5, 0.6) is 0 Å². The van der Waals surface area contributed by atoms with Crippen LogP contribution in [-0.4, -0.2) is 29.0 Å². The van der Waals surface area contributed by atoms with E-state index in [-0.39, 0.29) is 17.9 Å². The van der Waals surface area contributed by atoms with E-state index in [0.29, 0.717) is 6.42 Å². The number of anilines is 2. The van der Waals surface area contributed by atoms with Gasteiger partial charge in [-0.1, -0.05) is 106 Å². The molecule has 2 heterocycles. The molecule has 2 aromatic carbocycles. The molecule has 0 bridgehead atoms. The molecule has 3 N–H and O–H groups in total. The molecule has 0 aliphatic heterocycles. The van der Waals surface area contributed by atoms with Gasteiger partial charge in [-0.3, -0.25) is 9.78 Å². The average Bonchev–Trinajstić information content (AvgIpc) is 3.07. The van der Waals surface area contributed by atoms with Crippen LogP contribution < -0.4 is 16.0 Å². The molecule has 0 aliphatic rings. The molecule has 2 atom stereocenters. The van der Waals surface area contributed by atoms with Gasteiger partial charge in [0.05, 0.1) is 6.04 Å². The van der Waals surface area contributed by atoms with Crippen molar-refractivity contribution in [2.75, 3.05) is 23.7 Å². The van der Waals surface area contributed by atoms with Crippen molar-refractivity contribution in [1.29, 1.82) is 0 Å². The first-order valence-corrected chi connectivity index (χ1v) is 16.5. The van der Waals surface area contributed by atoms with Crippen molar-refractivity contribution >= 4 is 17.4 Å². The number of hydrogen-bond donors (Lipinski definition) is 3. The second-order valence-corrected chi connectivity index (χ2v) is 11.5. The Bertz CT molecular complexity index is 1330. The van der Waals surface area contributed by atoms with Gasteiger partial charge in [0.25, 0.3) is 0 Å². The van der Waals surface area contributed by atoms with E-state index >= 15 is 0 Å². The summed E-state index contributed by atoms with van der Waals surface area (Å²) in [7, 11) is 0. The van der Waals surface area contributed by atoms with E-state index in [1.807, 2.05) is 60.8 Å². The van der Waals surface area contributed by atoms with Crippen molar-refractivity contribution in [1.82, 2.24) is 15.3 Å². The van der Waals surface area contributed by atoms with Crippen molar-refractivity contribution in [3.63, 3.8) is 0 Å². The maximum absolute atomic E-state index is 13.2. The number of hydrogen-bond acceptors (Lipinski definition) is 5. The van der Waals surface area contributed by atoms with Gasteiger partial charge in [-0.2, -0.15) is 0 Å². The number of para-hydroxylation sites is 1. The monoisotopic (exact) mass is 591 g/mol. The van der Waals surface area contributed by atoms with Crippen LogP contribution in [-0.2, 0) is 11.2 Å². The summed E-state index contributed by atoms with van der Waals surface area (Å²) in [6, 6.07) is 30.4. The molecule has 2 unspecified atom stereocenters. The molecule has 232 valence electrons. The number of nitrogens with zero attached hydrogens (tertiary/aromatic N) is 2. The molecule has 2 aromatic heterocycles. The summed E-state index contributed by atoms with van der Waals surface area (Å²) in [6.07, 6.45) is 14.6. The molecule has 0 radical (unpaired) electrons. The second-order valence-electron chi connectivity index (χ2n) is 11.5. The van der Waals surface area contributed by atoms with Gasteiger partial charge in [0, 0.05) is 36.1 Å². The normalized spacial score (nSPS) is 12.4. The van der Waals surface area contributed by atoms with Crippen molar-refractivity contribution in [3.05, 3.63) is 120 Å². The van der Waals surface area contributed by atoms with Crippen molar-refractivity contribution in [2.45, 2.75) is 83.1 Å². The summed E-state index contributed by atoms with van der Waals surface area (Å²) in [5.74, 6) is 0.835. The number of benzene rings is 2. The Morgan fingerprint density at radius 3 is 2.07 bits per heavy atom. The number of nitrogens with one attached hydrogen (secondary N) is 3. The van der Waals surface area contributed by atoms with Gasteiger partial charge < -0.3 is 16.0 Å². The number of pyridine rings is 2. The molecule has 44 heavy (non-hydrogen) atoms. The SMILES string of the molecule is CCNCCCCCCCCCCC(=O)Nc1ccccc1C(Nc1ccccn1)C(Cc1ccccc1)c1ccccn1. The van der Waals surface area contributed by atoms with Gasteiger partial charge in [-0.15, -0.1) is 0 Å². The van der Waals surface area contributed by atoms with Crippen molar-refractivity contribution in [2.24, 2.45) is 0 Å². The molecule has 0 spiro atoms. The number of amides is 1. The van der Waals surface area contributed by atoms with Crippen LogP contribution >= 0.6 is 0 Å². The van der Waals surface area contributed by atoms with Gasteiger partial charge in [0.1, 0.15) is 5.82 Å². The maximum Gasteiger partial charge on any atom is 0.224 e. The summed E-state index contributed by atoms with van der Waals surface area (Å²) in [5.41, 5.74) is 4.07. The molecule has 6 heteroatoms. The molecular formula is C38H49N5O. The van der Waals surface area contributed by atoms with Gasteiger partial charge in [0.2, 0.25) is 5.91 Å². The highest BCUT2D eigenvalue weighted by Gasteiger charge is 2.29. The highest BCUT2D eigenvalue weighted by Crippen LogP contribution is 2.38. The predicted molar refractivity (Wildman–Crippen MR) is 183 cm³/mol. The van der Waals surface area contributed by atoms with Gasteiger partial charge >= 0.3 is 0 Å². The van der Waals surface area contributed by atoms with E-state index in [9.17, 15) is 4.79 Å². The lowest BCUT2D eigenvalue weighted by Gasteiger charge is -2.30. The lowest BCUT2D eigenvalue weighted by molar-refractivity contribution is -0.116. The topological polar surface area (TPSA) is 78.9 Å². The Labute approximate surface area is 264 Å². The average molecular weight is 592 g/mol. The van der Waals surface area contributed by atoms with Crippen LogP contribution in [0.15, 0.2) is 103 Å². The Kier molecular flexibility index (Phi) is 14.4. The van der Waals surface area contributed by atoms with Crippen LogP contribution in [0, 0.1) is 0 Å². The third kappa shape index (κ3) is 11.2. The molecule has 1 amide bonds. The highest BCUT2D eigenvalue weighted by atomic mass is 16.1. The quantitative estimate of drug-likeness (QED) is 0.0896. The number of carbonyl (C=O) groups is 1. The third-order valence-corrected chi connectivity index (χ3v) is 8.06. The zero-order valence-electron chi connectivity index (χ0n) is 26.3. The van der Waals surface area contributed by atoms with E-state index in [4.69, 9.17) is 4.98 Å². The number of unbranched alkanes of at least 4 members (excludes halogenated alkanes) is 7. The molecule has 0 aliphatic carbocycles. The summed E-state index contributed by atoms with van der Waals surface area (Å²) in [5, 5.41) is 10.4. The Hall–Kier alpha value is -4.03. The summed E-state index contributed by atoms with van der Waals surface area (Å²) in [6.45, 7) is 4.34. The van der Waals surface area contributed by atoms with Crippen LogP contribution in [0.2, 0.25) is 0 Å². The third-order valence-electron chi connectivity index (χ3n) is 8.06. The first kappa shape index (κ1) is 32.9. The fraction of sp³-hybridized carbons (Fsp3) is 0.395. The first-order chi connectivity index (χ1) is 21.7. The minimum Gasteiger partial charge on any atom is -0.362 e. The van der Waals surface area contributed by atoms with Gasteiger partial charge in [-0.25, -0.2) is 4.98 Å². The second kappa shape index (κ2) is 19.3. The van der Waals surface area contributed by atoms with E-state index in [1.54, 1.807) is 6.20 Å². The van der Waals surface area contributed by atoms with Crippen LogP contribution in [0.25, 0.3) is 0 Å². The fourth-order valence-electron chi connectivity index (χ4n) is 5.73. The zero-order valence-corrected chi connectivity index (χ0v) is 26.3. The Morgan fingerprint density at radius 2 is 1.36 bits per heavy atom. The minimum atomic E-state index is -0.186. The molecule has 0 fully saturated rings. The summed E-state index contributed by atoms with van der Waals surface area (Å²) in [4.78, 5) is 22.6. The zero-order chi connectivity index (χ0) is 30.7. The van der Waals surface area contributed by atoms with Crippen LogP contribution in [0.3, 0.4) is 0 Å². The summed E-state index contributed by atoms with van der Waals surface area (Å²) >= 11 is 0. The van der Waals surface area contributed by atoms with E-state index < -0.39 is 0 Å². The van der Waals surface area contributed by atoms with Crippen LogP contribution in [0.4, 0.5) is 11.5 Å². The number of carbonyl (C=O) groups excluding carboxylic acids is 1. The Balaban J connectivity index is 1.43. The predicted octanol–water partition coefficient (Wildman–Crippen LogP) is 8.72. The largest absolute Gasteiger partial charge is 0.362 e. The number of aromatic nitrogens is 2. The van der Waals surface area contributed by atoms with E-state index in [2.05, 4.69) is 64.3 Å². The van der Waals surface area contributed by atoms with Crippen LogP contribution in [0.1, 0.15) is 93.5 Å². The molecule has 0 saturated heterocycles. The fourth-order valence-corrected chi connectivity index (χ4v) is 5.73. The highest BCUT2D eigenvalue weighted by molar-refractivity contribution is 5.91. The van der Waals surface area contributed by atoms with E-state index in [1.165, 1.54) is 44.1 Å². The number of rotatable bonds is 20. The minimum absolute atomic E-state index is 0.0124. The molecule has 0 saturated carbocycles. The maximum atomic E-state index is 13.2. The Morgan fingerprint density at radius 1 is 0.705 bits per heavy atom. The standard InChI is InChI=1S/C38H49N5O/c1-2-39-27-17-8-6-4-3-5-7-12-26-37(44)42-35-24-14-13-22-32(35)38(43-36-25-16-19-29-41-36)33(34-23-15-18-28-40-34)30-31-20-10-9-11-21-31/h9-11,13-16,18-25,28-29,33,38-39H,2-8,12,17,26-27,30H2,1H3,(H,41,43)(H,42,44). The lowest BCUT2D eigenvalue weighted by Crippen LogP contribution is -2.24. The molecule has 6 nitrogen and oxygen atoms in total. The van der Waals surface area contributed by atoms with E-state index in [0.717, 1.165) is 55.1 Å². The molecular weight excluding hydrogens is 542 g/mol. The van der Waals surface area contributed by atoms with Crippen molar-refractivity contribution in [3.8, 4) is 0 Å². The van der Waals surface area contributed by atoms with Crippen molar-refractivity contribution < 1.29 is 4.79 Å². The molecule has 4 rings (SSSR count). The molecule has 4 aromatic rings. The van der Waals surface area contributed by atoms with Gasteiger partial charge in [-0.05, 0) is 73.8 Å².